The molecule has 0 aromatic heterocycles. The first-order valence-corrected chi connectivity index (χ1v) is 9.94. The van der Waals surface area contributed by atoms with Crippen molar-refractivity contribution in [2.75, 3.05) is 52.9 Å². The number of hydrogen-bond acceptors (Lipinski definition) is 3. The van der Waals surface area contributed by atoms with Crippen molar-refractivity contribution in [3.8, 4) is 0 Å². The molecule has 2 spiro atoms. The number of carbonyl (C=O) groups excluding carboxylic acids is 3. The second-order valence-corrected chi connectivity index (χ2v) is 8.68. The Morgan fingerprint density at radius 2 is 1.46 bits per heavy atom. The molecule has 7 heteroatoms. The van der Waals surface area contributed by atoms with Gasteiger partial charge in [-0.3, -0.25) is 9.59 Å². The van der Waals surface area contributed by atoms with E-state index in [1.807, 2.05) is 26.6 Å². The number of nitrogens with zero attached hydrogens (tertiary/aromatic N) is 4. The first-order valence-electron chi connectivity index (χ1n) is 9.94. The Kier molecular flexibility index (Phi) is 4.15. The summed E-state index contributed by atoms with van der Waals surface area (Å²) >= 11 is 0. The fourth-order valence-electron chi connectivity index (χ4n) is 5.73. The van der Waals surface area contributed by atoms with Crippen molar-refractivity contribution in [2.45, 2.75) is 39.0 Å². The Bertz CT molecular complexity index is 622. The highest BCUT2D eigenvalue weighted by molar-refractivity contribution is 5.88. The fraction of sp³-hybridized carbons (Fsp3) is 0.842. The van der Waals surface area contributed by atoms with E-state index in [4.69, 9.17) is 0 Å². The van der Waals surface area contributed by atoms with Crippen molar-refractivity contribution in [3.05, 3.63) is 0 Å². The highest BCUT2D eigenvalue weighted by Gasteiger charge is 2.65. The molecule has 4 amide bonds. The normalized spacial score (nSPS) is 30.9. The predicted octanol–water partition coefficient (Wildman–Crippen LogP) is 0.995. The van der Waals surface area contributed by atoms with Crippen LogP contribution in [0.1, 0.15) is 39.0 Å². The Morgan fingerprint density at radius 1 is 0.846 bits per heavy atom. The Hall–Kier alpha value is -1.79. The molecule has 0 aromatic carbocycles. The van der Waals surface area contributed by atoms with E-state index < -0.39 is 5.41 Å². The molecule has 1 atom stereocenters. The van der Waals surface area contributed by atoms with Crippen LogP contribution in [0.3, 0.4) is 0 Å². The van der Waals surface area contributed by atoms with Crippen molar-refractivity contribution in [1.82, 2.24) is 19.6 Å². The van der Waals surface area contributed by atoms with Gasteiger partial charge in [0.15, 0.2) is 0 Å². The van der Waals surface area contributed by atoms with Crippen LogP contribution in [0.2, 0.25) is 0 Å². The zero-order valence-electron chi connectivity index (χ0n) is 16.0. The number of carbonyl (C=O) groups is 3. The predicted molar refractivity (Wildman–Crippen MR) is 96.4 cm³/mol. The van der Waals surface area contributed by atoms with Gasteiger partial charge >= 0.3 is 6.03 Å². The Labute approximate surface area is 155 Å². The van der Waals surface area contributed by atoms with Crippen LogP contribution in [-0.2, 0) is 9.59 Å². The van der Waals surface area contributed by atoms with Crippen molar-refractivity contribution in [2.24, 2.45) is 10.8 Å². The molecule has 0 bridgehead atoms. The SMILES string of the molecule is CC(=O)N1CC2(CCN(C(=O)N3CCCC3)CC2)[C@]2(CCN(C)C2=O)C1. The maximum Gasteiger partial charge on any atom is 0.319 e. The van der Waals surface area contributed by atoms with Crippen LogP contribution in [0.15, 0.2) is 0 Å². The molecule has 4 fully saturated rings. The summed E-state index contributed by atoms with van der Waals surface area (Å²) in [5, 5.41) is 0. The first kappa shape index (κ1) is 17.6. The van der Waals surface area contributed by atoms with Crippen LogP contribution in [0.25, 0.3) is 0 Å². The number of urea groups is 1. The second-order valence-electron chi connectivity index (χ2n) is 8.68. The molecule has 26 heavy (non-hydrogen) atoms. The van der Waals surface area contributed by atoms with Crippen LogP contribution in [0.5, 0.6) is 0 Å². The van der Waals surface area contributed by atoms with E-state index in [0.29, 0.717) is 26.2 Å². The summed E-state index contributed by atoms with van der Waals surface area (Å²) in [6, 6.07) is 0.155. The standard InChI is InChI=1S/C19H30N4O3/c1-15(24)23-13-18(19(14-23)7-10-20(2)16(19)25)5-11-22(12-6-18)17(26)21-8-3-4-9-21/h3-14H2,1-2H3/t19-/m1/s1. The zero-order chi connectivity index (χ0) is 18.5. The minimum Gasteiger partial charge on any atom is -0.345 e. The van der Waals surface area contributed by atoms with Gasteiger partial charge in [0, 0.05) is 65.2 Å². The lowest BCUT2D eigenvalue weighted by atomic mass is 9.60. The largest absolute Gasteiger partial charge is 0.345 e. The smallest absolute Gasteiger partial charge is 0.319 e. The van der Waals surface area contributed by atoms with E-state index in [1.54, 1.807) is 6.92 Å². The number of piperidine rings is 1. The molecule has 0 aliphatic carbocycles. The van der Waals surface area contributed by atoms with Gasteiger partial charge in [-0.05, 0) is 32.1 Å². The van der Waals surface area contributed by atoms with Gasteiger partial charge in [0.2, 0.25) is 11.8 Å². The van der Waals surface area contributed by atoms with Crippen LogP contribution in [0.4, 0.5) is 4.79 Å². The molecular formula is C19H30N4O3. The van der Waals surface area contributed by atoms with E-state index in [0.717, 1.165) is 51.7 Å². The molecule has 0 saturated carbocycles. The van der Waals surface area contributed by atoms with E-state index in [9.17, 15) is 14.4 Å². The van der Waals surface area contributed by atoms with Crippen molar-refractivity contribution in [3.63, 3.8) is 0 Å². The zero-order valence-corrected chi connectivity index (χ0v) is 16.0. The lowest BCUT2D eigenvalue weighted by Crippen LogP contribution is -2.55. The Balaban J connectivity index is 1.54. The van der Waals surface area contributed by atoms with Crippen molar-refractivity contribution >= 4 is 17.8 Å². The van der Waals surface area contributed by atoms with E-state index in [-0.39, 0.29) is 23.3 Å². The molecule has 4 heterocycles. The van der Waals surface area contributed by atoms with Crippen molar-refractivity contribution in [1.29, 1.82) is 0 Å². The summed E-state index contributed by atoms with van der Waals surface area (Å²) in [6.07, 6.45) is 4.65. The fourth-order valence-corrected chi connectivity index (χ4v) is 5.73. The maximum atomic E-state index is 13.1. The molecule has 4 aliphatic heterocycles. The average molecular weight is 362 g/mol. The third kappa shape index (κ3) is 2.42. The monoisotopic (exact) mass is 362 g/mol. The van der Waals surface area contributed by atoms with Gasteiger partial charge in [0.25, 0.3) is 0 Å². The van der Waals surface area contributed by atoms with Gasteiger partial charge in [0.1, 0.15) is 0 Å². The van der Waals surface area contributed by atoms with Crippen LogP contribution in [0, 0.1) is 10.8 Å². The lowest BCUT2D eigenvalue weighted by molar-refractivity contribution is -0.141. The summed E-state index contributed by atoms with van der Waals surface area (Å²) < 4.78 is 0. The van der Waals surface area contributed by atoms with Gasteiger partial charge in [-0.1, -0.05) is 0 Å². The Morgan fingerprint density at radius 3 is 2.00 bits per heavy atom. The molecule has 4 saturated heterocycles. The molecule has 0 radical (unpaired) electrons. The molecule has 4 aliphatic rings. The number of hydrogen-bond donors (Lipinski definition) is 0. The molecule has 144 valence electrons. The van der Waals surface area contributed by atoms with Gasteiger partial charge in [-0.25, -0.2) is 4.79 Å². The van der Waals surface area contributed by atoms with Gasteiger partial charge in [-0.15, -0.1) is 0 Å². The summed E-state index contributed by atoms with van der Waals surface area (Å²) in [6.45, 7) is 6.70. The molecular weight excluding hydrogens is 332 g/mol. The molecule has 4 rings (SSSR count). The number of amides is 4. The number of likely N-dealkylation sites (tertiary alicyclic amines) is 4. The van der Waals surface area contributed by atoms with E-state index in [2.05, 4.69) is 0 Å². The third-order valence-electron chi connectivity index (χ3n) is 7.41. The highest BCUT2D eigenvalue weighted by Crippen LogP contribution is 2.57. The van der Waals surface area contributed by atoms with Crippen LogP contribution >= 0.6 is 0 Å². The number of fused-ring (bicyclic) bond motifs is 1. The maximum absolute atomic E-state index is 13.1. The third-order valence-corrected chi connectivity index (χ3v) is 7.41. The van der Waals surface area contributed by atoms with Crippen LogP contribution < -0.4 is 0 Å². The lowest BCUT2D eigenvalue weighted by Gasteiger charge is -2.47. The van der Waals surface area contributed by atoms with E-state index >= 15 is 0 Å². The minimum atomic E-state index is -0.448. The number of rotatable bonds is 0. The summed E-state index contributed by atoms with van der Waals surface area (Å²) in [5.41, 5.74) is -0.626. The molecule has 0 aromatic rings. The molecule has 0 N–H and O–H groups in total. The highest BCUT2D eigenvalue weighted by atomic mass is 16.2. The minimum absolute atomic E-state index is 0.0548. The average Bonchev–Trinajstić information content (AvgIpc) is 3.33. The summed E-state index contributed by atoms with van der Waals surface area (Å²) in [7, 11) is 1.87. The molecule has 7 nitrogen and oxygen atoms in total. The van der Waals surface area contributed by atoms with Gasteiger partial charge in [0.05, 0.1) is 5.41 Å². The van der Waals surface area contributed by atoms with Crippen molar-refractivity contribution < 1.29 is 14.4 Å². The second kappa shape index (κ2) is 6.13. The summed E-state index contributed by atoms with van der Waals surface area (Å²) in [4.78, 5) is 45.5. The van der Waals surface area contributed by atoms with E-state index in [1.165, 1.54) is 0 Å². The first-order chi connectivity index (χ1) is 12.4. The van der Waals surface area contributed by atoms with Gasteiger partial charge < -0.3 is 19.6 Å². The molecule has 0 unspecified atom stereocenters. The topological polar surface area (TPSA) is 64.2 Å². The van der Waals surface area contributed by atoms with Gasteiger partial charge in [-0.2, -0.15) is 0 Å². The quantitative estimate of drug-likeness (QED) is 0.646. The summed E-state index contributed by atoms with van der Waals surface area (Å²) in [5.74, 6) is 0.250. The van der Waals surface area contributed by atoms with Crippen LogP contribution in [-0.4, -0.2) is 90.3 Å².